The molecule has 3 heterocycles. The highest BCUT2D eigenvalue weighted by Gasteiger charge is 2.33. The van der Waals surface area contributed by atoms with Gasteiger partial charge in [-0.05, 0) is 41.0 Å². The number of hydrogen-bond donors (Lipinski definition) is 1. The van der Waals surface area contributed by atoms with Gasteiger partial charge in [0.2, 0.25) is 0 Å². The Balaban J connectivity index is 1.19. The van der Waals surface area contributed by atoms with Crippen LogP contribution < -0.4 is 0 Å². The topological polar surface area (TPSA) is 74.0 Å². The van der Waals surface area contributed by atoms with Crippen molar-refractivity contribution in [3.63, 3.8) is 0 Å². The molecule has 216 valence electrons. The zero-order valence-electron chi connectivity index (χ0n) is 23.0. The molecule has 1 fully saturated rings. The second-order valence-corrected chi connectivity index (χ2v) is 11.9. The summed E-state index contributed by atoms with van der Waals surface area (Å²) in [5, 5.41) is 12.4. The molecule has 8 heteroatoms. The Hall–Kier alpha value is -3.46. The van der Waals surface area contributed by atoms with Crippen LogP contribution in [0.1, 0.15) is 46.2 Å². The number of aromatic hydroxyl groups is 1. The first-order chi connectivity index (χ1) is 20.6. The van der Waals surface area contributed by atoms with E-state index in [-0.39, 0.29) is 24.1 Å². The standard InChI is InChI=1S/C34H32ClNO5S/c35-29-18-30(37)28(14-25(29)15-34-36-19-33(42-34)31-12-7-13-39-31)32-17-26(40-21-24-10-5-2-6-11-24)16-27(41-32)22-38-20-23-8-3-1-4-9-23/h1-14,18-19,26-27,32,37H,15-17,20-22H2. The highest BCUT2D eigenvalue weighted by atomic mass is 35.5. The number of aromatic nitrogens is 1. The van der Waals surface area contributed by atoms with Crippen LogP contribution >= 0.6 is 22.9 Å². The van der Waals surface area contributed by atoms with Crippen molar-refractivity contribution < 1.29 is 23.7 Å². The Morgan fingerprint density at radius 1 is 0.929 bits per heavy atom. The third-order valence-electron chi connectivity index (χ3n) is 7.31. The summed E-state index contributed by atoms with van der Waals surface area (Å²) in [4.78, 5) is 5.53. The number of phenolic OH excluding ortho intramolecular Hbond substituents is 1. The molecule has 1 aliphatic rings. The number of rotatable bonds is 11. The minimum atomic E-state index is -0.379. The van der Waals surface area contributed by atoms with Crippen molar-refractivity contribution in [2.75, 3.05) is 6.61 Å². The predicted molar refractivity (Wildman–Crippen MR) is 164 cm³/mol. The van der Waals surface area contributed by atoms with Crippen LogP contribution in [0, 0.1) is 0 Å². The van der Waals surface area contributed by atoms with Crippen molar-refractivity contribution in [1.82, 2.24) is 4.98 Å². The molecule has 0 saturated carbocycles. The van der Waals surface area contributed by atoms with Crippen molar-refractivity contribution in [1.29, 1.82) is 0 Å². The zero-order chi connectivity index (χ0) is 28.7. The van der Waals surface area contributed by atoms with Crippen LogP contribution in [-0.4, -0.2) is 28.9 Å². The molecule has 6 nitrogen and oxygen atoms in total. The summed E-state index contributed by atoms with van der Waals surface area (Å²) in [5.41, 5.74) is 3.79. The third kappa shape index (κ3) is 7.30. The van der Waals surface area contributed by atoms with E-state index in [0.717, 1.165) is 32.3 Å². The third-order valence-corrected chi connectivity index (χ3v) is 8.67. The Morgan fingerprint density at radius 2 is 1.69 bits per heavy atom. The molecule has 3 atom stereocenters. The Labute approximate surface area is 254 Å². The normalized spacial score (nSPS) is 18.7. The fraction of sp³-hybridized carbons (Fsp3) is 0.265. The molecule has 3 aromatic carbocycles. The van der Waals surface area contributed by atoms with Gasteiger partial charge in [0, 0.05) is 36.0 Å². The zero-order valence-corrected chi connectivity index (χ0v) is 24.6. The van der Waals surface area contributed by atoms with Gasteiger partial charge in [-0.25, -0.2) is 4.98 Å². The molecule has 6 rings (SSSR count). The van der Waals surface area contributed by atoms with Gasteiger partial charge in [-0.15, -0.1) is 11.3 Å². The van der Waals surface area contributed by atoms with E-state index in [4.69, 9.17) is 30.2 Å². The quantitative estimate of drug-likeness (QED) is 0.164. The molecule has 2 aromatic heterocycles. The molecule has 0 radical (unpaired) electrons. The highest BCUT2D eigenvalue weighted by molar-refractivity contribution is 7.15. The lowest BCUT2D eigenvalue weighted by Gasteiger charge is -2.36. The second kappa shape index (κ2) is 13.7. The maximum Gasteiger partial charge on any atom is 0.145 e. The molecule has 1 aliphatic heterocycles. The van der Waals surface area contributed by atoms with Crippen LogP contribution in [0.3, 0.4) is 0 Å². The van der Waals surface area contributed by atoms with Crippen molar-refractivity contribution >= 4 is 22.9 Å². The average Bonchev–Trinajstić information content (AvgIpc) is 3.71. The van der Waals surface area contributed by atoms with Gasteiger partial charge in [0.25, 0.3) is 0 Å². The van der Waals surface area contributed by atoms with Crippen molar-refractivity contribution in [3.05, 3.63) is 130 Å². The lowest BCUT2D eigenvalue weighted by molar-refractivity contribution is -0.142. The van der Waals surface area contributed by atoms with Crippen molar-refractivity contribution in [2.24, 2.45) is 0 Å². The van der Waals surface area contributed by atoms with E-state index in [1.807, 2.05) is 72.9 Å². The van der Waals surface area contributed by atoms with E-state index in [2.05, 4.69) is 17.1 Å². The number of thiazole rings is 1. The minimum Gasteiger partial charge on any atom is -0.508 e. The summed E-state index contributed by atoms with van der Waals surface area (Å²) < 4.78 is 24.5. The van der Waals surface area contributed by atoms with Gasteiger partial charge in [-0.3, -0.25) is 0 Å². The Morgan fingerprint density at radius 3 is 2.43 bits per heavy atom. The summed E-state index contributed by atoms with van der Waals surface area (Å²) >= 11 is 8.17. The van der Waals surface area contributed by atoms with Gasteiger partial charge in [0.1, 0.15) is 11.5 Å². The number of furan rings is 1. The molecule has 0 spiro atoms. The van der Waals surface area contributed by atoms with Crippen LogP contribution in [0.2, 0.25) is 5.02 Å². The van der Waals surface area contributed by atoms with Crippen LogP contribution in [0.5, 0.6) is 5.75 Å². The minimum absolute atomic E-state index is 0.0670. The fourth-order valence-electron chi connectivity index (χ4n) is 5.19. The van der Waals surface area contributed by atoms with Gasteiger partial charge < -0.3 is 23.7 Å². The van der Waals surface area contributed by atoms with Gasteiger partial charge in [-0.1, -0.05) is 72.3 Å². The Bertz CT molecular complexity index is 1560. The summed E-state index contributed by atoms with van der Waals surface area (Å²) in [7, 11) is 0. The molecule has 1 N–H and O–H groups in total. The molecule has 0 aliphatic carbocycles. The lowest BCUT2D eigenvalue weighted by atomic mass is 9.93. The number of nitrogens with zero attached hydrogens (tertiary/aromatic N) is 1. The maximum atomic E-state index is 11.0. The number of benzene rings is 3. The first kappa shape index (κ1) is 28.6. The van der Waals surface area contributed by atoms with Gasteiger partial charge in [0.05, 0.1) is 54.3 Å². The summed E-state index contributed by atoms with van der Waals surface area (Å²) in [6, 6.07) is 27.6. The molecular weight excluding hydrogens is 570 g/mol. The predicted octanol–water partition coefficient (Wildman–Crippen LogP) is 8.38. The van der Waals surface area contributed by atoms with Crippen LogP contribution in [-0.2, 0) is 33.8 Å². The molecule has 1 saturated heterocycles. The van der Waals surface area contributed by atoms with E-state index in [9.17, 15) is 5.11 Å². The lowest BCUT2D eigenvalue weighted by Crippen LogP contribution is -2.35. The highest BCUT2D eigenvalue weighted by Crippen LogP contribution is 2.40. The number of ether oxygens (including phenoxy) is 3. The fourth-order valence-corrected chi connectivity index (χ4v) is 6.33. The number of hydrogen-bond acceptors (Lipinski definition) is 7. The molecule has 0 bridgehead atoms. The SMILES string of the molecule is Oc1cc(Cl)c(Cc2ncc(-c3ccco3)s2)cc1C1CC(OCc2ccccc2)CC(COCc2ccccc2)O1. The number of phenols is 1. The molecule has 5 aromatic rings. The van der Waals surface area contributed by atoms with E-state index >= 15 is 0 Å². The van der Waals surface area contributed by atoms with Crippen LogP contribution in [0.15, 0.2) is 102 Å². The average molecular weight is 602 g/mol. The van der Waals surface area contributed by atoms with E-state index in [1.165, 1.54) is 0 Å². The molecule has 42 heavy (non-hydrogen) atoms. The van der Waals surface area contributed by atoms with Crippen LogP contribution in [0.4, 0.5) is 0 Å². The Kier molecular flexibility index (Phi) is 9.33. The maximum absolute atomic E-state index is 11.0. The molecular formula is C34H32ClNO5S. The van der Waals surface area contributed by atoms with Crippen LogP contribution in [0.25, 0.3) is 10.6 Å². The first-order valence-corrected chi connectivity index (χ1v) is 15.2. The number of halogens is 1. The smallest absolute Gasteiger partial charge is 0.145 e. The molecule has 0 amide bonds. The van der Waals surface area contributed by atoms with Crippen molar-refractivity contribution in [3.8, 4) is 16.4 Å². The largest absolute Gasteiger partial charge is 0.508 e. The van der Waals surface area contributed by atoms with Crippen molar-refractivity contribution in [2.45, 2.75) is 50.8 Å². The van der Waals surface area contributed by atoms with Gasteiger partial charge in [-0.2, -0.15) is 0 Å². The summed E-state index contributed by atoms with van der Waals surface area (Å²) in [5.74, 6) is 0.894. The van der Waals surface area contributed by atoms with E-state index < -0.39 is 0 Å². The first-order valence-electron chi connectivity index (χ1n) is 14.0. The van der Waals surface area contributed by atoms with E-state index in [1.54, 1.807) is 23.7 Å². The summed E-state index contributed by atoms with van der Waals surface area (Å²) in [6.07, 6.45) is 4.66. The van der Waals surface area contributed by atoms with Gasteiger partial charge >= 0.3 is 0 Å². The van der Waals surface area contributed by atoms with E-state index in [0.29, 0.717) is 49.7 Å². The monoisotopic (exact) mass is 601 g/mol. The summed E-state index contributed by atoms with van der Waals surface area (Å²) in [6.45, 7) is 1.44. The second-order valence-electron chi connectivity index (χ2n) is 10.4. The molecule has 3 unspecified atom stereocenters. The van der Waals surface area contributed by atoms with Gasteiger partial charge in [0.15, 0.2) is 0 Å².